The molecule has 0 aliphatic carbocycles. The second-order valence-electron chi connectivity index (χ2n) is 4.91. The minimum absolute atomic E-state index is 0.437. The van der Waals surface area contributed by atoms with Gasteiger partial charge in [-0.25, -0.2) is 4.98 Å². The molecule has 0 saturated heterocycles. The van der Waals surface area contributed by atoms with E-state index >= 15 is 0 Å². The number of fused-ring (bicyclic) bond motifs is 1. The van der Waals surface area contributed by atoms with E-state index in [-0.39, 0.29) is 0 Å². The van der Waals surface area contributed by atoms with Gasteiger partial charge >= 0.3 is 0 Å². The Morgan fingerprint density at radius 2 is 1.90 bits per heavy atom. The number of aliphatic hydroxyl groups excluding tert-OH is 1. The molecule has 4 nitrogen and oxygen atoms in total. The van der Waals surface area contributed by atoms with Crippen molar-refractivity contribution in [3.05, 3.63) is 60.3 Å². The van der Waals surface area contributed by atoms with E-state index in [9.17, 15) is 0 Å². The summed E-state index contributed by atoms with van der Waals surface area (Å²) in [5.41, 5.74) is 1.86. The number of imidazole rings is 1. The normalized spacial score (nSPS) is 11.8. The molecule has 1 aromatic carbocycles. The molecular weight excluding hydrogens is 262 g/mol. The zero-order chi connectivity index (χ0) is 15.1. The van der Waals surface area contributed by atoms with Crippen LogP contribution >= 0.6 is 0 Å². The Morgan fingerprint density at radius 1 is 1.14 bits per heavy atom. The molecule has 2 heterocycles. The number of rotatable bonds is 3. The van der Waals surface area contributed by atoms with Gasteiger partial charge in [-0.1, -0.05) is 31.2 Å². The Labute approximate surface area is 124 Å². The molecule has 21 heavy (non-hydrogen) atoms. The van der Waals surface area contributed by atoms with Crippen LogP contribution in [0.4, 0.5) is 0 Å². The summed E-state index contributed by atoms with van der Waals surface area (Å²) in [6.45, 7) is 3.83. The van der Waals surface area contributed by atoms with Gasteiger partial charge in [-0.15, -0.1) is 0 Å². The Bertz CT molecular complexity index is 611. The molecule has 1 atom stereocenters. The zero-order valence-electron chi connectivity index (χ0n) is 12.5. The van der Waals surface area contributed by atoms with Crippen molar-refractivity contribution in [1.82, 2.24) is 15.0 Å². The molecule has 3 aromatic rings. The molecule has 0 radical (unpaired) electrons. The first-order chi connectivity index (χ1) is 10.2. The van der Waals surface area contributed by atoms with Crippen molar-refractivity contribution in [3.63, 3.8) is 0 Å². The van der Waals surface area contributed by atoms with Crippen LogP contribution in [0.3, 0.4) is 0 Å². The Hall–Kier alpha value is -2.20. The number of aromatic amines is 1. The molecule has 0 aliphatic heterocycles. The van der Waals surface area contributed by atoms with Gasteiger partial charge in [0, 0.05) is 18.0 Å². The van der Waals surface area contributed by atoms with Crippen LogP contribution in [0, 0.1) is 0 Å². The Kier molecular flexibility index (Phi) is 5.46. The zero-order valence-corrected chi connectivity index (χ0v) is 12.5. The third-order valence-corrected chi connectivity index (χ3v) is 3.10. The van der Waals surface area contributed by atoms with Gasteiger partial charge in [-0.3, -0.25) is 4.98 Å². The SMILES string of the molecule is CCCc1ncc(C(C)O)[nH]1.c1ccc2ncccc2c1. The van der Waals surface area contributed by atoms with E-state index in [1.54, 1.807) is 13.1 Å². The summed E-state index contributed by atoms with van der Waals surface area (Å²) in [7, 11) is 0. The maximum atomic E-state index is 9.13. The molecule has 0 aliphatic rings. The van der Waals surface area contributed by atoms with Gasteiger partial charge < -0.3 is 10.1 Å². The van der Waals surface area contributed by atoms with Crippen LogP contribution in [-0.4, -0.2) is 20.1 Å². The van der Waals surface area contributed by atoms with Crippen molar-refractivity contribution in [2.24, 2.45) is 0 Å². The monoisotopic (exact) mass is 283 g/mol. The predicted octanol–water partition coefficient (Wildman–Crippen LogP) is 3.65. The number of para-hydroxylation sites is 1. The summed E-state index contributed by atoms with van der Waals surface area (Å²) in [6, 6.07) is 12.1. The summed E-state index contributed by atoms with van der Waals surface area (Å²) in [5.74, 6) is 0.961. The first kappa shape index (κ1) is 15.2. The van der Waals surface area contributed by atoms with Gasteiger partial charge in [-0.2, -0.15) is 0 Å². The highest BCUT2D eigenvalue weighted by molar-refractivity contribution is 5.77. The number of benzene rings is 1. The summed E-state index contributed by atoms with van der Waals surface area (Å²) >= 11 is 0. The summed E-state index contributed by atoms with van der Waals surface area (Å²) < 4.78 is 0. The fourth-order valence-electron chi connectivity index (χ4n) is 1.97. The highest BCUT2D eigenvalue weighted by atomic mass is 16.3. The average molecular weight is 283 g/mol. The summed E-state index contributed by atoms with van der Waals surface area (Å²) in [6.07, 6.45) is 5.09. The molecule has 1 unspecified atom stereocenters. The molecule has 0 saturated carbocycles. The second kappa shape index (κ2) is 7.55. The lowest BCUT2D eigenvalue weighted by Gasteiger charge is -1.97. The van der Waals surface area contributed by atoms with Crippen LogP contribution in [0.1, 0.15) is 37.9 Å². The summed E-state index contributed by atoms with van der Waals surface area (Å²) in [4.78, 5) is 11.3. The van der Waals surface area contributed by atoms with Crippen LogP contribution in [0.15, 0.2) is 48.8 Å². The van der Waals surface area contributed by atoms with E-state index in [1.165, 1.54) is 5.39 Å². The molecule has 2 aromatic heterocycles. The van der Waals surface area contributed by atoms with E-state index in [4.69, 9.17) is 5.11 Å². The average Bonchev–Trinajstić information content (AvgIpc) is 2.97. The fourth-order valence-corrected chi connectivity index (χ4v) is 1.97. The van der Waals surface area contributed by atoms with Crippen molar-refractivity contribution in [1.29, 1.82) is 0 Å². The molecule has 4 heteroatoms. The second-order valence-corrected chi connectivity index (χ2v) is 4.91. The number of aliphatic hydroxyl groups is 1. The smallest absolute Gasteiger partial charge is 0.106 e. The summed E-state index contributed by atoms with van der Waals surface area (Å²) in [5, 5.41) is 10.3. The van der Waals surface area contributed by atoms with Gasteiger partial charge in [0.05, 0.1) is 23.5 Å². The third-order valence-electron chi connectivity index (χ3n) is 3.10. The maximum absolute atomic E-state index is 9.13. The number of aromatic nitrogens is 3. The number of H-pyrrole nitrogens is 1. The van der Waals surface area contributed by atoms with Gasteiger partial charge in [0.25, 0.3) is 0 Å². The number of nitrogens with one attached hydrogen (secondary N) is 1. The van der Waals surface area contributed by atoms with Crippen LogP contribution in [0.2, 0.25) is 0 Å². The highest BCUT2D eigenvalue weighted by Gasteiger charge is 2.03. The van der Waals surface area contributed by atoms with E-state index in [1.807, 2.05) is 30.5 Å². The standard InChI is InChI=1S/C9H7N.C8H14N2O/c1-2-6-9-8(4-1)5-3-7-10-9;1-3-4-8-9-5-7(10-8)6(2)11/h1-7H;5-6,11H,3-4H2,1-2H3,(H,9,10). The molecule has 0 bridgehead atoms. The molecule has 2 N–H and O–H groups in total. The number of pyridine rings is 1. The van der Waals surface area contributed by atoms with Gasteiger partial charge in [0.1, 0.15) is 5.82 Å². The lowest BCUT2D eigenvalue weighted by molar-refractivity contribution is 0.194. The first-order valence-electron chi connectivity index (χ1n) is 7.22. The predicted molar refractivity (Wildman–Crippen MR) is 85.0 cm³/mol. The van der Waals surface area contributed by atoms with Crippen LogP contribution in [0.25, 0.3) is 10.9 Å². The van der Waals surface area contributed by atoms with E-state index in [0.29, 0.717) is 0 Å². The lowest BCUT2D eigenvalue weighted by atomic mass is 10.2. The van der Waals surface area contributed by atoms with Crippen LogP contribution in [-0.2, 0) is 6.42 Å². The molecule has 0 fully saturated rings. The van der Waals surface area contributed by atoms with Crippen molar-refractivity contribution >= 4 is 10.9 Å². The van der Waals surface area contributed by atoms with Gasteiger partial charge in [0.15, 0.2) is 0 Å². The number of hydrogen-bond acceptors (Lipinski definition) is 3. The van der Waals surface area contributed by atoms with Crippen molar-refractivity contribution in [3.8, 4) is 0 Å². The topological polar surface area (TPSA) is 61.8 Å². The Balaban J connectivity index is 0.000000154. The highest BCUT2D eigenvalue weighted by Crippen LogP contribution is 2.09. The van der Waals surface area contributed by atoms with Crippen molar-refractivity contribution in [2.45, 2.75) is 32.8 Å². The number of nitrogens with zero attached hydrogens (tertiary/aromatic N) is 2. The minimum Gasteiger partial charge on any atom is -0.387 e. The van der Waals surface area contributed by atoms with Crippen molar-refractivity contribution < 1.29 is 5.11 Å². The Morgan fingerprint density at radius 3 is 2.57 bits per heavy atom. The maximum Gasteiger partial charge on any atom is 0.106 e. The van der Waals surface area contributed by atoms with E-state index < -0.39 is 6.10 Å². The molecule has 3 rings (SSSR count). The van der Waals surface area contributed by atoms with E-state index in [2.05, 4.69) is 34.0 Å². The molecule has 110 valence electrons. The van der Waals surface area contributed by atoms with Gasteiger partial charge in [0.2, 0.25) is 0 Å². The van der Waals surface area contributed by atoms with Crippen molar-refractivity contribution in [2.75, 3.05) is 0 Å². The largest absolute Gasteiger partial charge is 0.387 e. The van der Waals surface area contributed by atoms with E-state index in [0.717, 1.165) is 29.9 Å². The first-order valence-corrected chi connectivity index (χ1v) is 7.22. The van der Waals surface area contributed by atoms with Crippen LogP contribution < -0.4 is 0 Å². The molecular formula is C17H21N3O. The molecule has 0 spiro atoms. The third kappa shape index (κ3) is 4.39. The number of aryl methyl sites for hydroxylation is 1. The van der Waals surface area contributed by atoms with Crippen LogP contribution in [0.5, 0.6) is 0 Å². The lowest BCUT2D eigenvalue weighted by Crippen LogP contribution is -1.91. The fraction of sp³-hybridized carbons (Fsp3) is 0.294. The van der Waals surface area contributed by atoms with Gasteiger partial charge in [-0.05, 0) is 25.5 Å². The quantitative estimate of drug-likeness (QED) is 0.771. The number of hydrogen-bond donors (Lipinski definition) is 2. The minimum atomic E-state index is -0.437. The molecule has 0 amide bonds.